The van der Waals surface area contributed by atoms with Gasteiger partial charge in [-0.1, -0.05) is 24.6 Å². The van der Waals surface area contributed by atoms with Gasteiger partial charge in [-0.25, -0.2) is 8.77 Å². The molecule has 9 heteroatoms. The Labute approximate surface area is 190 Å². The van der Waals surface area contributed by atoms with E-state index in [-0.39, 0.29) is 15.5 Å². The summed E-state index contributed by atoms with van der Waals surface area (Å²) in [6.45, 7) is 3.28. The van der Waals surface area contributed by atoms with Crippen LogP contribution in [0.5, 0.6) is 0 Å². The van der Waals surface area contributed by atoms with E-state index in [1.807, 2.05) is 0 Å². The first-order chi connectivity index (χ1) is 14.7. The average Bonchev–Trinajstić information content (AvgIpc) is 3.30. The molecule has 3 aromatic rings. The Balaban J connectivity index is 0.000000254. The van der Waals surface area contributed by atoms with Gasteiger partial charge in [-0.3, -0.25) is 0 Å². The van der Waals surface area contributed by atoms with E-state index < -0.39 is 16.0 Å². The highest BCUT2D eigenvalue weighted by Gasteiger charge is 2.28. The number of carboxylic acid groups (broad SMARTS) is 1. The summed E-state index contributed by atoms with van der Waals surface area (Å²) in [6.07, 6.45) is 3.89. The molecule has 0 aliphatic carbocycles. The van der Waals surface area contributed by atoms with E-state index in [9.17, 15) is 18.3 Å². The number of thiophene rings is 1. The van der Waals surface area contributed by atoms with E-state index in [0.717, 1.165) is 15.3 Å². The molecule has 2 aromatic heterocycles. The fraction of sp³-hybridized carbons (Fsp3) is 0.381. The molecule has 1 aromatic carbocycles. The third-order valence-electron chi connectivity index (χ3n) is 5.24. The summed E-state index contributed by atoms with van der Waals surface area (Å²) in [6, 6.07) is 10.3. The highest BCUT2D eigenvalue weighted by molar-refractivity contribution is 9.11. The Hall–Kier alpha value is -1.68. The molecule has 3 heterocycles. The van der Waals surface area contributed by atoms with Gasteiger partial charge < -0.3 is 10.0 Å². The number of carbonyl (C=O) groups is 1. The van der Waals surface area contributed by atoms with Crippen molar-refractivity contribution in [2.75, 3.05) is 13.6 Å². The molecule has 1 saturated heterocycles. The number of piperidine rings is 1. The number of likely N-dealkylation sites (tertiary alicyclic amines) is 1. The van der Waals surface area contributed by atoms with Crippen LogP contribution in [0.15, 0.2) is 44.4 Å². The van der Waals surface area contributed by atoms with Crippen LogP contribution in [0.25, 0.3) is 10.9 Å². The van der Waals surface area contributed by atoms with E-state index >= 15 is 0 Å². The normalized spacial score (nSPS) is 18.0. The zero-order valence-corrected chi connectivity index (χ0v) is 20.1. The number of rotatable bonds is 3. The van der Waals surface area contributed by atoms with E-state index in [1.165, 1.54) is 38.8 Å². The molecule has 1 aliphatic rings. The average molecular weight is 514 g/mol. The lowest BCUT2D eigenvalue weighted by Gasteiger charge is -2.29. The van der Waals surface area contributed by atoms with Gasteiger partial charge >= 0.3 is 5.97 Å². The van der Waals surface area contributed by atoms with E-state index in [2.05, 4.69) is 27.9 Å². The van der Waals surface area contributed by atoms with E-state index in [1.54, 1.807) is 30.3 Å². The Kier molecular flexibility index (Phi) is 6.62. The molecule has 0 saturated carbocycles. The number of hydrogen-bond donors (Lipinski definition) is 1. The summed E-state index contributed by atoms with van der Waals surface area (Å²) in [5.74, 6) is -1.14. The molecule has 1 fully saturated rings. The molecule has 30 heavy (non-hydrogen) atoms. The Morgan fingerprint density at radius 3 is 2.57 bits per heavy atom. The second-order valence-corrected chi connectivity index (χ2v) is 11.7. The van der Waals surface area contributed by atoms with Crippen LogP contribution in [0.2, 0.25) is 0 Å². The predicted octanol–water partition coefficient (Wildman–Crippen LogP) is 5.20. The van der Waals surface area contributed by atoms with Gasteiger partial charge in [0.25, 0.3) is 10.0 Å². The molecule has 0 spiro atoms. The maximum atomic E-state index is 12.9. The van der Waals surface area contributed by atoms with Crippen LogP contribution in [-0.4, -0.2) is 48.0 Å². The van der Waals surface area contributed by atoms with Gasteiger partial charge in [0.15, 0.2) is 0 Å². The summed E-state index contributed by atoms with van der Waals surface area (Å²) in [5, 5.41) is 9.81. The Morgan fingerprint density at radius 1 is 1.27 bits per heavy atom. The smallest absolute Gasteiger partial charge is 0.338 e. The molecule has 1 aliphatic heterocycles. The van der Waals surface area contributed by atoms with Crippen molar-refractivity contribution in [1.82, 2.24) is 8.87 Å². The van der Waals surface area contributed by atoms with Crippen LogP contribution in [0.3, 0.4) is 0 Å². The van der Waals surface area contributed by atoms with Crippen molar-refractivity contribution in [3.63, 3.8) is 0 Å². The van der Waals surface area contributed by atoms with Crippen LogP contribution in [0.1, 0.15) is 43.6 Å². The molecule has 1 N–H and O–H groups in total. The van der Waals surface area contributed by atoms with Crippen LogP contribution < -0.4 is 0 Å². The van der Waals surface area contributed by atoms with Crippen LogP contribution >= 0.6 is 27.3 Å². The standard InChI is InChI=1S/C14H10BrNO4S2.C7H15N/c1-8-13(14(17)18)9-4-2-3-5-10(9)16(8)22(19,20)12-7-6-11(15)21-12;1-7-5-3-4-6-8(7)2/h2-7H,1H3,(H,17,18);7H,3-6H2,1-2H3/i;1D. The quantitative estimate of drug-likeness (QED) is 0.520. The number of hydrogen-bond acceptors (Lipinski definition) is 5. The first kappa shape index (κ1) is 21.5. The number of aromatic carboxylic acids is 1. The van der Waals surface area contributed by atoms with Gasteiger partial charge in [0.2, 0.25) is 0 Å². The topological polar surface area (TPSA) is 79.6 Å². The molecule has 1 unspecified atom stereocenters. The number of nitrogens with zero attached hydrogens (tertiary/aromatic N) is 2. The third kappa shape index (κ3) is 4.49. The summed E-state index contributed by atoms with van der Waals surface area (Å²) in [5.41, 5.74) is 0.565. The molecule has 1 atom stereocenters. The number of benzene rings is 1. The van der Waals surface area contributed by atoms with Crippen LogP contribution in [-0.2, 0) is 10.0 Å². The summed E-state index contributed by atoms with van der Waals surface area (Å²) in [4.78, 5) is 13.8. The highest BCUT2D eigenvalue weighted by atomic mass is 79.9. The predicted molar refractivity (Wildman–Crippen MR) is 124 cm³/mol. The highest BCUT2D eigenvalue weighted by Crippen LogP contribution is 2.33. The molecule has 0 amide bonds. The first-order valence-corrected chi connectivity index (χ1v) is 12.6. The molecule has 4 rings (SSSR count). The van der Waals surface area contributed by atoms with Crippen molar-refractivity contribution in [2.45, 2.75) is 43.3 Å². The van der Waals surface area contributed by atoms with Gasteiger partial charge in [-0.05, 0) is 74.4 Å². The van der Waals surface area contributed by atoms with Gasteiger partial charge in [-0.2, -0.15) is 8.42 Å². The number of aromatic nitrogens is 1. The van der Waals surface area contributed by atoms with Crippen LogP contribution in [0, 0.1) is 6.92 Å². The minimum absolute atomic E-state index is 0.00907. The maximum Gasteiger partial charge on any atom is 0.338 e. The lowest BCUT2D eigenvalue weighted by Crippen LogP contribution is -2.33. The monoisotopic (exact) mass is 513 g/mol. The first-order valence-electron chi connectivity index (χ1n) is 10.2. The molecule has 162 valence electrons. The lowest BCUT2D eigenvalue weighted by molar-refractivity contribution is 0.0698. The minimum Gasteiger partial charge on any atom is -0.478 e. The van der Waals surface area contributed by atoms with Gasteiger partial charge in [0.1, 0.15) is 4.21 Å². The van der Waals surface area contributed by atoms with Gasteiger partial charge in [-0.15, -0.1) is 11.3 Å². The maximum absolute atomic E-state index is 12.9. The summed E-state index contributed by atoms with van der Waals surface area (Å²) >= 11 is 4.33. The fourth-order valence-electron chi connectivity index (χ4n) is 3.59. The van der Waals surface area contributed by atoms with Crippen molar-refractivity contribution in [1.29, 1.82) is 0 Å². The lowest BCUT2D eigenvalue weighted by atomic mass is 10.1. The zero-order chi connectivity index (χ0) is 22.8. The van der Waals surface area contributed by atoms with Crippen molar-refractivity contribution < 1.29 is 19.7 Å². The molecular formula is C21H25BrN2O4S2. The van der Waals surface area contributed by atoms with Crippen molar-refractivity contribution in [2.24, 2.45) is 0 Å². The zero-order valence-electron chi connectivity index (χ0n) is 17.8. The largest absolute Gasteiger partial charge is 0.478 e. The molecule has 0 radical (unpaired) electrons. The molecule has 0 bridgehead atoms. The third-order valence-corrected chi connectivity index (χ3v) is 9.13. The van der Waals surface area contributed by atoms with Crippen LogP contribution in [0.4, 0.5) is 0 Å². The second kappa shape index (κ2) is 9.21. The summed E-state index contributed by atoms with van der Waals surface area (Å²) in [7, 11) is -1.72. The van der Waals surface area contributed by atoms with Crippen molar-refractivity contribution in [3.8, 4) is 0 Å². The SMILES string of the molecule is Cc1c(C(=O)O)c2ccccc2n1S(=O)(=O)c1ccc(Br)s1.[2H]CC1CCCCN1C. The Bertz CT molecular complexity index is 1190. The van der Waals surface area contributed by atoms with E-state index in [0.29, 0.717) is 27.6 Å². The minimum atomic E-state index is -3.85. The van der Waals surface area contributed by atoms with E-state index in [4.69, 9.17) is 1.37 Å². The summed E-state index contributed by atoms with van der Waals surface area (Å²) < 4.78 is 34.9. The van der Waals surface area contributed by atoms with Crippen molar-refractivity contribution >= 4 is 54.2 Å². The number of fused-ring (bicyclic) bond motifs is 1. The van der Waals surface area contributed by atoms with Gasteiger partial charge in [0, 0.05) is 18.5 Å². The second-order valence-electron chi connectivity index (χ2n) is 7.24. The van der Waals surface area contributed by atoms with Gasteiger partial charge in [0.05, 0.1) is 14.9 Å². The number of para-hydroxylation sites is 1. The van der Waals surface area contributed by atoms with Crippen molar-refractivity contribution in [3.05, 3.63) is 51.4 Å². The number of carboxylic acids is 1. The Morgan fingerprint density at radius 2 is 2.00 bits per heavy atom. The number of halogens is 1. The fourth-order valence-corrected chi connectivity index (χ4v) is 7.23. The molecule has 6 nitrogen and oxygen atoms in total. The molecular weight excluding hydrogens is 488 g/mol.